The molecule has 0 spiro atoms. The van der Waals surface area contributed by atoms with Crippen LogP contribution in [0.2, 0.25) is 10.0 Å². The van der Waals surface area contributed by atoms with Gasteiger partial charge in [0.15, 0.2) is 16.3 Å². The van der Waals surface area contributed by atoms with Crippen molar-refractivity contribution in [3.05, 3.63) is 146 Å². The first-order chi connectivity index (χ1) is 23.2. The Hall–Kier alpha value is -4.10. The number of carbonyl (C=O) groups is 1. The Morgan fingerprint density at radius 1 is 1.02 bits per heavy atom. The molecule has 5 aromatic rings. The molecule has 0 unspecified atom stereocenters. The number of halogens is 3. The average molecular weight is 813 g/mol. The molecular weight excluding hydrogens is 784 g/mol. The number of nitrogens with one attached hydrogen (secondary N) is 1. The van der Waals surface area contributed by atoms with E-state index >= 15 is 0 Å². The zero-order chi connectivity index (χ0) is 33.9. The van der Waals surface area contributed by atoms with Crippen molar-refractivity contribution in [2.45, 2.75) is 19.6 Å². The van der Waals surface area contributed by atoms with Crippen LogP contribution in [0.25, 0.3) is 6.08 Å². The number of nitrogens with zero attached hydrogens (tertiary/aromatic N) is 2. The van der Waals surface area contributed by atoms with E-state index in [4.69, 9.17) is 42.4 Å². The van der Waals surface area contributed by atoms with Gasteiger partial charge in [0, 0.05) is 21.3 Å². The Bertz CT molecular complexity index is 2250. The summed E-state index contributed by atoms with van der Waals surface area (Å²) in [5.41, 5.74) is 3.46. The number of carbonyl (C=O) groups excluding carboxylic acids is 1. The van der Waals surface area contributed by atoms with Gasteiger partial charge in [0.05, 0.1) is 39.6 Å². The molecule has 1 aromatic heterocycles. The predicted molar refractivity (Wildman–Crippen MR) is 198 cm³/mol. The maximum atomic E-state index is 14.2. The van der Waals surface area contributed by atoms with Crippen LogP contribution in [-0.4, -0.2) is 24.7 Å². The highest BCUT2D eigenvalue weighted by atomic mass is 127. The monoisotopic (exact) mass is 811 g/mol. The third kappa shape index (κ3) is 7.02. The number of anilines is 1. The molecule has 0 radical (unpaired) electrons. The molecule has 6 rings (SSSR count). The molecule has 0 fully saturated rings. The van der Waals surface area contributed by atoms with Crippen molar-refractivity contribution in [3.63, 3.8) is 0 Å². The van der Waals surface area contributed by atoms with Crippen LogP contribution in [0.3, 0.4) is 0 Å². The molecule has 1 amide bonds. The fraction of sp³-hybridized carbons (Fsp3) is 0.139. The number of thiazole rings is 1. The lowest BCUT2D eigenvalue weighted by Gasteiger charge is -2.25. The molecule has 0 saturated heterocycles. The molecule has 48 heavy (non-hydrogen) atoms. The summed E-state index contributed by atoms with van der Waals surface area (Å²) in [5, 5.41) is 4.02. The predicted octanol–water partition coefficient (Wildman–Crippen LogP) is 7.38. The Morgan fingerprint density at radius 2 is 1.81 bits per heavy atom. The standard InChI is InChI=1S/C36H28Cl2IN3O5S/c1-20-31(34(43)41-25-9-5-4-6-10-25)32(22-8-7-11-26(17-22)45-2)42-35(44)30(48-36(42)40-20)16-21-14-28(39)33(29(15-21)46-3)47-19-23-12-13-24(37)18-27(23)38/h4-18,32H,19H2,1-3H3,(H,41,43)/b30-16-/t32-/m1/s1. The third-order valence-corrected chi connectivity index (χ3v) is 10.0. The topological polar surface area (TPSA) is 91.2 Å². The highest BCUT2D eigenvalue weighted by Gasteiger charge is 2.33. The second-order valence-electron chi connectivity index (χ2n) is 10.7. The van der Waals surface area contributed by atoms with Crippen molar-refractivity contribution in [3.8, 4) is 17.2 Å². The quantitative estimate of drug-likeness (QED) is 0.157. The fourth-order valence-corrected chi connectivity index (χ4v) is 7.65. The molecule has 244 valence electrons. The molecule has 12 heteroatoms. The number of amides is 1. The highest BCUT2D eigenvalue weighted by molar-refractivity contribution is 14.1. The minimum Gasteiger partial charge on any atom is -0.497 e. The van der Waals surface area contributed by atoms with E-state index in [1.807, 2.05) is 72.8 Å². The van der Waals surface area contributed by atoms with Gasteiger partial charge in [-0.3, -0.25) is 14.2 Å². The van der Waals surface area contributed by atoms with E-state index in [9.17, 15) is 9.59 Å². The van der Waals surface area contributed by atoms with Gasteiger partial charge in [-0.2, -0.15) is 0 Å². The van der Waals surface area contributed by atoms with Gasteiger partial charge in [0.1, 0.15) is 12.4 Å². The first-order valence-electron chi connectivity index (χ1n) is 14.6. The van der Waals surface area contributed by atoms with Crippen molar-refractivity contribution >= 4 is 74.8 Å². The highest BCUT2D eigenvalue weighted by Crippen LogP contribution is 2.36. The lowest BCUT2D eigenvalue weighted by atomic mass is 9.95. The van der Waals surface area contributed by atoms with Crippen LogP contribution in [0, 0.1) is 3.57 Å². The summed E-state index contributed by atoms with van der Waals surface area (Å²) in [6, 6.07) is 24.8. The molecule has 1 aliphatic rings. The number of allylic oxidation sites excluding steroid dienone is 1. The lowest BCUT2D eigenvalue weighted by molar-refractivity contribution is -0.113. The minimum absolute atomic E-state index is 0.212. The zero-order valence-corrected chi connectivity index (χ0v) is 30.4. The van der Waals surface area contributed by atoms with Crippen molar-refractivity contribution in [2.24, 2.45) is 4.99 Å². The van der Waals surface area contributed by atoms with Gasteiger partial charge in [-0.15, -0.1) is 0 Å². The number of rotatable bonds is 9. The number of methoxy groups -OCH3 is 2. The number of hydrogen-bond donors (Lipinski definition) is 1. The Balaban J connectivity index is 1.41. The molecule has 1 atom stereocenters. The van der Waals surface area contributed by atoms with E-state index in [2.05, 4.69) is 27.9 Å². The van der Waals surface area contributed by atoms with E-state index in [-0.39, 0.29) is 18.1 Å². The van der Waals surface area contributed by atoms with Gasteiger partial charge in [-0.05, 0) is 95.2 Å². The molecule has 4 aromatic carbocycles. The fourth-order valence-electron chi connectivity index (χ4n) is 5.36. The first-order valence-corrected chi connectivity index (χ1v) is 17.3. The lowest BCUT2D eigenvalue weighted by Crippen LogP contribution is -2.40. The van der Waals surface area contributed by atoms with Crippen molar-refractivity contribution in [1.29, 1.82) is 0 Å². The second-order valence-corrected chi connectivity index (χ2v) is 13.8. The number of aromatic nitrogens is 1. The molecule has 2 heterocycles. The first kappa shape index (κ1) is 33.8. The summed E-state index contributed by atoms with van der Waals surface area (Å²) in [7, 11) is 3.14. The third-order valence-electron chi connectivity index (χ3n) is 7.64. The number of para-hydroxylation sites is 1. The molecular formula is C36H28Cl2IN3O5S. The second kappa shape index (κ2) is 14.6. The normalized spacial score (nSPS) is 14.3. The maximum absolute atomic E-state index is 14.2. The van der Waals surface area contributed by atoms with Gasteiger partial charge in [0.25, 0.3) is 11.5 Å². The molecule has 0 saturated carbocycles. The van der Waals surface area contributed by atoms with Crippen LogP contribution in [0.5, 0.6) is 17.2 Å². The molecule has 1 N–H and O–H groups in total. The van der Waals surface area contributed by atoms with Crippen LogP contribution in [0.4, 0.5) is 5.69 Å². The largest absolute Gasteiger partial charge is 0.497 e. The van der Waals surface area contributed by atoms with Gasteiger partial charge in [-0.1, -0.05) is 70.9 Å². The van der Waals surface area contributed by atoms with Gasteiger partial charge < -0.3 is 19.5 Å². The summed E-state index contributed by atoms with van der Waals surface area (Å²) in [4.78, 5) is 33.3. The van der Waals surface area contributed by atoms with Crippen molar-refractivity contribution < 1.29 is 19.0 Å². The van der Waals surface area contributed by atoms with E-state index < -0.39 is 6.04 Å². The van der Waals surface area contributed by atoms with Crippen LogP contribution in [0.15, 0.2) is 106 Å². The summed E-state index contributed by atoms with van der Waals surface area (Å²) in [6.45, 7) is 2.00. The summed E-state index contributed by atoms with van der Waals surface area (Å²) < 4.78 is 20.1. The van der Waals surface area contributed by atoms with Crippen molar-refractivity contribution in [2.75, 3.05) is 19.5 Å². The SMILES string of the molecule is COc1cccc([C@@H]2C(C(=O)Nc3ccccc3)=C(C)N=c3s/c(=C\c4cc(I)c(OCc5ccc(Cl)cc5Cl)c(OC)c4)c(=O)n32)c1. The smallest absolute Gasteiger partial charge is 0.271 e. The van der Waals surface area contributed by atoms with Crippen LogP contribution in [0.1, 0.15) is 29.7 Å². The van der Waals surface area contributed by atoms with Crippen LogP contribution >= 0.6 is 57.1 Å². The van der Waals surface area contributed by atoms with E-state index in [1.54, 1.807) is 43.9 Å². The number of fused-ring (bicyclic) bond motifs is 1. The van der Waals surface area contributed by atoms with E-state index in [1.165, 1.54) is 11.3 Å². The number of benzene rings is 4. The van der Waals surface area contributed by atoms with Crippen molar-refractivity contribution in [1.82, 2.24) is 4.57 Å². The summed E-state index contributed by atoms with van der Waals surface area (Å²) in [6.07, 6.45) is 1.79. The zero-order valence-electron chi connectivity index (χ0n) is 25.9. The molecule has 0 bridgehead atoms. The van der Waals surface area contributed by atoms with E-state index in [0.29, 0.717) is 59.1 Å². The number of hydrogen-bond acceptors (Lipinski definition) is 7. The summed E-state index contributed by atoms with van der Waals surface area (Å²) in [5.74, 6) is 1.30. The van der Waals surface area contributed by atoms with Crippen LogP contribution in [-0.2, 0) is 11.4 Å². The number of ether oxygens (including phenoxy) is 3. The minimum atomic E-state index is -0.743. The van der Waals surface area contributed by atoms with Gasteiger partial charge >= 0.3 is 0 Å². The van der Waals surface area contributed by atoms with Gasteiger partial charge in [0.2, 0.25) is 0 Å². The van der Waals surface area contributed by atoms with Crippen LogP contribution < -0.4 is 34.4 Å². The van der Waals surface area contributed by atoms with Gasteiger partial charge in [-0.25, -0.2) is 4.99 Å². The maximum Gasteiger partial charge on any atom is 0.271 e. The summed E-state index contributed by atoms with van der Waals surface area (Å²) >= 11 is 15.8. The Morgan fingerprint density at radius 3 is 2.54 bits per heavy atom. The van der Waals surface area contributed by atoms with E-state index in [0.717, 1.165) is 14.7 Å². The Kier molecular flexibility index (Phi) is 10.3. The molecule has 8 nitrogen and oxygen atoms in total. The molecule has 1 aliphatic heterocycles. The Labute approximate surface area is 304 Å². The molecule has 0 aliphatic carbocycles. The average Bonchev–Trinajstić information content (AvgIpc) is 3.37.